The second kappa shape index (κ2) is 9.65. The zero-order chi connectivity index (χ0) is 27.1. The summed E-state index contributed by atoms with van der Waals surface area (Å²) in [4.78, 5) is 14.7. The van der Waals surface area contributed by atoms with Crippen molar-refractivity contribution in [2.24, 2.45) is 7.05 Å². The van der Waals surface area contributed by atoms with Crippen molar-refractivity contribution < 1.29 is 35.9 Å². The minimum Gasteiger partial charge on any atom is -0.464 e. The Morgan fingerprint density at radius 3 is 2.35 bits per heavy atom. The number of benzene rings is 2. The Bertz CT molecular complexity index is 1630. The van der Waals surface area contributed by atoms with Gasteiger partial charge in [0.1, 0.15) is 33.7 Å². The molecule has 13 heteroatoms. The Kier molecular flexibility index (Phi) is 6.74. The van der Waals surface area contributed by atoms with E-state index >= 15 is 8.78 Å². The second-order valence-corrected chi connectivity index (χ2v) is 9.59. The van der Waals surface area contributed by atoms with E-state index in [0.717, 1.165) is 0 Å². The van der Waals surface area contributed by atoms with Crippen molar-refractivity contribution in [1.29, 1.82) is 0 Å². The van der Waals surface area contributed by atoms with Crippen molar-refractivity contribution in [3.8, 4) is 22.4 Å². The van der Waals surface area contributed by atoms with Crippen molar-refractivity contribution in [2.75, 3.05) is 4.31 Å². The quantitative estimate of drug-likeness (QED) is 0.344. The Hall–Kier alpha value is -4.26. The molecule has 0 spiro atoms. The highest BCUT2D eigenvalue weighted by Crippen LogP contribution is 2.40. The fourth-order valence-electron chi connectivity index (χ4n) is 3.81. The fraction of sp³-hybridized carbons (Fsp3) is 0.125. The zero-order valence-corrected chi connectivity index (χ0v) is 20.1. The largest absolute Gasteiger partial charge is 0.464 e. The summed E-state index contributed by atoms with van der Waals surface area (Å²) in [6, 6.07) is 5.20. The van der Waals surface area contributed by atoms with Crippen LogP contribution in [0.15, 0.2) is 59.9 Å². The normalized spacial score (nSPS) is 11.5. The highest BCUT2D eigenvalue weighted by atomic mass is 32.2. The van der Waals surface area contributed by atoms with Crippen LogP contribution >= 0.6 is 0 Å². The lowest BCUT2D eigenvalue weighted by Gasteiger charge is -2.22. The third-order valence-electron chi connectivity index (χ3n) is 5.50. The number of halogens is 4. The highest BCUT2D eigenvalue weighted by Gasteiger charge is 2.38. The van der Waals surface area contributed by atoms with Crippen LogP contribution < -0.4 is 4.31 Å². The molecule has 0 atom stereocenters. The molecule has 2 aromatic heterocycles. The molecule has 192 valence electrons. The Balaban J connectivity index is 2.04. The predicted molar refractivity (Wildman–Crippen MR) is 125 cm³/mol. The van der Waals surface area contributed by atoms with Crippen LogP contribution in [0.3, 0.4) is 0 Å². The molecule has 0 aliphatic rings. The monoisotopic (exact) mass is 534 g/mol. The molecule has 0 fully saturated rings. The lowest BCUT2D eigenvalue weighted by Crippen LogP contribution is -2.37. The summed E-state index contributed by atoms with van der Waals surface area (Å²) >= 11 is 0. The molecule has 4 aromatic rings. The zero-order valence-electron chi connectivity index (χ0n) is 19.3. The van der Waals surface area contributed by atoms with E-state index in [1.807, 2.05) is 0 Å². The number of hydrogen-bond acceptors (Lipinski definition) is 5. The van der Waals surface area contributed by atoms with Gasteiger partial charge in [-0.25, -0.2) is 30.8 Å². The summed E-state index contributed by atoms with van der Waals surface area (Å²) in [6.45, 7) is 1.48. The average Bonchev–Trinajstić information content (AvgIpc) is 3.23. The maximum Gasteiger partial charge on any atom is 0.426 e. The Morgan fingerprint density at radius 2 is 1.73 bits per heavy atom. The van der Waals surface area contributed by atoms with Crippen LogP contribution in [0.25, 0.3) is 22.4 Å². The van der Waals surface area contributed by atoms with E-state index in [2.05, 4.69) is 10.1 Å². The topological polar surface area (TPSA) is 105 Å². The van der Waals surface area contributed by atoms with Gasteiger partial charge in [-0.2, -0.15) is 9.40 Å². The van der Waals surface area contributed by atoms with E-state index in [0.29, 0.717) is 23.8 Å². The van der Waals surface area contributed by atoms with Gasteiger partial charge in [0.25, 0.3) is 10.0 Å². The minimum atomic E-state index is -5.40. The highest BCUT2D eigenvalue weighted by molar-refractivity contribution is 7.93. The molecule has 8 nitrogen and oxygen atoms in total. The molecular weight excluding hydrogens is 516 g/mol. The van der Waals surface area contributed by atoms with Crippen LogP contribution in [-0.4, -0.2) is 34.4 Å². The Labute approximate surface area is 208 Å². The van der Waals surface area contributed by atoms with Gasteiger partial charge in [-0.15, -0.1) is 0 Å². The molecule has 4 rings (SSSR count). The van der Waals surface area contributed by atoms with Crippen LogP contribution in [0.2, 0.25) is 0 Å². The van der Waals surface area contributed by atoms with Crippen LogP contribution in [0.5, 0.6) is 0 Å². The van der Waals surface area contributed by atoms with E-state index < -0.39 is 59.8 Å². The number of aromatic nitrogens is 3. The first-order valence-electron chi connectivity index (χ1n) is 10.7. The summed E-state index contributed by atoms with van der Waals surface area (Å²) < 4.78 is 86.9. The number of carboxylic acid groups (broad SMARTS) is 1. The molecule has 1 N–H and O–H groups in total. The van der Waals surface area contributed by atoms with Gasteiger partial charge in [-0.3, -0.25) is 9.67 Å². The van der Waals surface area contributed by atoms with Gasteiger partial charge >= 0.3 is 6.09 Å². The molecule has 0 aliphatic heterocycles. The molecule has 0 saturated heterocycles. The van der Waals surface area contributed by atoms with E-state index in [1.54, 1.807) is 12.1 Å². The molecule has 2 aromatic carbocycles. The van der Waals surface area contributed by atoms with E-state index in [4.69, 9.17) is 0 Å². The number of amides is 1. The first kappa shape index (κ1) is 25.8. The van der Waals surface area contributed by atoms with Gasteiger partial charge < -0.3 is 5.11 Å². The summed E-state index contributed by atoms with van der Waals surface area (Å²) in [5, 5.41) is 13.9. The second-order valence-electron chi connectivity index (χ2n) is 7.84. The number of hydrogen-bond donors (Lipinski definition) is 1. The van der Waals surface area contributed by atoms with Crippen LogP contribution in [-0.2, 0) is 23.5 Å². The lowest BCUT2D eigenvalue weighted by molar-refractivity contribution is 0.206. The van der Waals surface area contributed by atoms with Crippen molar-refractivity contribution in [3.63, 3.8) is 0 Å². The Morgan fingerprint density at radius 1 is 1.05 bits per heavy atom. The van der Waals surface area contributed by atoms with Gasteiger partial charge in [0, 0.05) is 31.2 Å². The van der Waals surface area contributed by atoms with Gasteiger partial charge in [0.05, 0.1) is 5.56 Å². The molecule has 0 unspecified atom stereocenters. The van der Waals surface area contributed by atoms with Gasteiger partial charge in [-0.05, 0) is 53.9 Å². The molecular formula is C24H18F4N4O4S. The number of anilines is 1. The number of sulfonamides is 1. The standard InChI is InChI=1S/C24H18F4N4O4S/c1-3-13-10-18(32(24(33)34)37(35,36)19-11-15(25)4-5-17(19)26)22(28)20(21(13)27)23-16(12-31(2)30-23)14-6-8-29-9-7-14/h4-12H,3H2,1-2H3,(H,33,34). The maximum atomic E-state index is 16.0. The molecule has 0 bridgehead atoms. The molecule has 0 saturated carbocycles. The van der Waals surface area contributed by atoms with E-state index in [9.17, 15) is 27.1 Å². The first-order valence-corrected chi connectivity index (χ1v) is 12.1. The molecule has 37 heavy (non-hydrogen) atoms. The van der Waals surface area contributed by atoms with Crippen LogP contribution in [0, 0.1) is 23.3 Å². The van der Waals surface area contributed by atoms with E-state index in [-0.39, 0.29) is 29.3 Å². The van der Waals surface area contributed by atoms with E-state index in [1.165, 1.54) is 37.2 Å². The third kappa shape index (κ3) is 4.53. The molecule has 0 radical (unpaired) electrons. The van der Waals surface area contributed by atoms with Gasteiger partial charge in [-0.1, -0.05) is 6.92 Å². The summed E-state index contributed by atoms with van der Waals surface area (Å²) in [7, 11) is -3.91. The van der Waals surface area contributed by atoms with Gasteiger partial charge in [0.2, 0.25) is 0 Å². The lowest BCUT2D eigenvalue weighted by atomic mass is 9.98. The third-order valence-corrected chi connectivity index (χ3v) is 7.20. The first-order chi connectivity index (χ1) is 17.5. The minimum absolute atomic E-state index is 0.0919. The number of pyridine rings is 1. The van der Waals surface area contributed by atoms with Crippen LogP contribution in [0.4, 0.5) is 28.0 Å². The van der Waals surface area contributed by atoms with Crippen molar-refractivity contribution in [3.05, 3.63) is 83.8 Å². The summed E-state index contributed by atoms with van der Waals surface area (Å²) in [5.74, 6) is -5.30. The van der Waals surface area contributed by atoms with Crippen molar-refractivity contribution >= 4 is 21.8 Å². The van der Waals surface area contributed by atoms with Gasteiger partial charge in [0.15, 0.2) is 5.82 Å². The smallest absolute Gasteiger partial charge is 0.426 e. The maximum absolute atomic E-state index is 16.0. The number of rotatable bonds is 6. The molecule has 2 heterocycles. The fourth-order valence-corrected chi connectivity index (χ4v) is 5.18. The summed E-state index contributed by atoms with van der Waals surface area (Å²) in [5.41, 5.74) is -1.63. The number of aryl methyl sites for hydroxylation is 2. The number of carbonyl (C=O) groups is 1. The SMILES string of the molecule is CCc1cc(N(C(=O)O)S(=O)(=O)c2cc(F)ccc2F)c(F)c(-c2nn(C)cc2-c2ccncc2)c1F. The molecule has 0 aliphatic carbocycles. The summed E-state index contributed by atoms with van der Waals surface area (Å²) in [6.07, 6.45) is 2.04. The van der Waals surface area contributed by atoms with Crippen molar-refractivity contribution in [2.45, 2.75) is 18.2 Å². The average molecular weight is 534 g/mol. The molecule has 1 amide bonds. The van der Waals surface area contributed by atoms with Crippen LogP contribution in [0.1, 0.15) is 12.5 Å². The van der Waals surface area contributed by atoms with Crippen molar-refractivity contribution in [1.82, 2.24) is 14.8 Å². The predicted octanol–water partition coefficient (Wildman–Crippen LogP) is 5.14. The number of nitrogens with zero attached hydrogens (tertiary/aromatic N) is 4.